The van der Waals surface area contributed by atoms with Crippen molar-refractivity contribution in [3.63, 3.8) is 0 Å². The molecule has 0 radical (unpaired) electrons. The monoisotopic (exact) mass is 530 g/mol. The van der Waals surface area contributed by atoms with Crippen molar-refractivity contribution in [1.82, 2.24) is 0 Å². The van der Waals surface area contributed by atoms with Crippen LogP contribution >= 0.6 is 0 Å². The molecule has 0 saturated heterocycles. The van der Waals surface area contributed by atoms with Crippen molar-refractivity contribution in [3.8, 4) is 5.75 Å². The van der Waals surface area contributed by atoms with E-state index in [9.17, 15) is 15.0 Å². The SMILES string of the molecule is CCCCCCCCCCCCCCCCCCc1c(C(C)C(=O)O)cc(C(C)(C)C)c(O)c1C(C)(C)C. The molecule has 0 bridgehead atoms. The van der Waals surface area contributed by atoms with Crippen LogP contribution in [0.5, 0.6) is 5.75 Å². The number of carboxylic acid groups (broad SMARTS) is 1. The fraction of sp³-hybridized carbons (Fsp3) is 0.800. The highest BCUT2D eigenvalue weighted by molar-refractivity contribution is 5.77. The lowest BCUT2D eigenvalue weighted by molar-refractivity contribution is -0.138. The third-order valence-corrected chi connectivity index (χ3v) is 8.12. The second kappa shape index (κ2) is 17.2. The van der Waals surface area contributed by atoms with Crippen molar-refractivity contribution in [2.45, 2.75) is 181 Å². The molecule has 3 nitrogen and oxygen atoms in total. The minimum atomic E-state index is -0.802. The number of benzene rings is 1. The van der Waals surface area contributed by atoms with Crippen LogP contribution < -0.4 is 0 Å². The first-order chi connectivity index (χ1) is 17.8. The molecule has 220 valence electrons. The summed E-state index contributed by atoms with van der Waals surface area (Å²) in [5.41, 5.74) is 3.21. The summed E-state index contributed by atoms with van der Waals surface area (Å²) < 4.78 is 0. The second-order valence-corrected chi connectivity index (χ2v) is 13.8. The summed E-state index contributed by atoms with van der Waals surface area (Å²) in [7, 11) is 0. The van der Waals surface area contributed by atoms with Crippen LogP contribution in [-0.2, 0) is 22.0 Å². The van der Waals surface area contributed by atoms with Crippen molar-refractivity contribution in [1.29, 1.82) is 0 Å². The Morgan fingerprint density at radius 1 is 0.711 bits per heavy atom. The standard InChI is InChI=1S/C35H62O3/c1-9-10-11-12-13-14-15-16-17-18-19-20-21-22-23-24-25-28-29(27(2)33(37)38)26-30(34(3,4)5)32(36)31(28)35(6,7)8/h26-27,36H,9-25H2,1-8H3,(H,37,38). The first-order valence-corrected chi connectivity index (χ1v) is 15.9. The van der Waals surface area contributed by atoms with Crippen molar-refractivity contribution < 1.29 is 15.0 Å². The normalized spacial score (nSPS) is 13.2. The molecule has 1 aromatic carbocycles. The molecule has 0 aliphatic carbocycles. The van der Waals surface area contributed by atoms with Gasteiger partial charge in [0, 0.05) is 5.56 Å². The Morgan fingerprint density at radius 2 is 1.11 bits per heavy atom. The predicted molar refractivity (Wildman–Crippen MR) is 165 cm³/mol. The van der Waals surface area contributed by atoms with Gasteiger partial charge in [0.1, 0.15) is 5.75 Å². The molecule has 0 aliphatic rings. The lowest BCUT2D eigenvalue weighted by atomic mass is 9.73. The molecule has 1 atom stereocenters. The average Bonchev–Trinajstić information content (AvgIpc) is 2.81. The van der Waals surface area contributed by atoms with E-state index in [1.54, 1.807) is 6.92 Å². The molecule has 0 fully saturated rings. The van der Waals surface area contributed by atoms with Gasteiger partial charge in [0.05, 0.1) is 5.92 Å². The Balaban J connectivity index is 2.57. The summed E-state index contributed by atoms with van der Waals surface area (Å²) in [5.74, 6) is -1.03. The zero-order chi connectivity index (χ0) is 28.8. The predicted octanol–water partition coefficient (Wildman–Crippen LogP) is 11.0. The number of rotatable bonds is 19. The average molecular weight is 531 g/mol. The topological polar surface area (TPSA) is 57.5 Å². The molecular formula is C35H62O3. The smallest absolute Gasteiger partial charge is 0.310 e. The molecule has 1 unspecified atom stereocenters. The van der Waals surface area contributed by atoms with E-state index in [1.165, 1.54) is 89.9 Å². The van der Waals surface area contributed by atoms with Gasteiger partial charge in [-0.15, -0.1) is 0 Å². The molecule has 38 heavy (non-hydrogen) atoms. The lowest BCUT2D eigenvalue weighted by Gasteiger charge is -2.32. The van der Waals surface area contributed by atoms with Crippen molar-refractivity contribution in [3.05, 3.63) is 28.3 Å². The van der Waals surface area contributed by atoms with Crippen LogP contribution in [0.25, 0.3) is 0 Å². The quantitative estimate of drug-likeness (QED) is 0.175. The molecule has 0 spiro atoms. The minimum Gasteiger partial charge on any atom is -0.507 e. The van der Waals surface area contributed by atoms with Gasteiger partial charge in [-0.2, -0.15) is 0 Å². The van der Waals surface area contributed by atoms with E-state index in [2.05, 4.69) is 48.5 Å². The Bertz CT molecular complexity index is 810. The minimum absolute atomic E-state index is 0.260. The van der Waals surface area contributed by atoms with Gasteiger partial charge >= 0.3 is 5.97 Å². The molecule has 0 aliphatic heterocycles. The number of hydrogen-bond acceptors (Lipinski definition) is 2. The number of hydrogen-bond donors (Lipinski definition) is 2. The zero-order valence-corrected chi connectivity index (χ0v) is 26.5. The van der Waals surface area contributed by atoms with Gasteiger partial charge in [-0.1, -0.05) is 151 Å². The third kappa shape index (κ3) is 12.1. The van der Waals surface area contributed by atoms with Crippen LogP contribution in [-0.4, -0.2) is 16.2 Å². The van der Waals surface area contributed by atoms with Crippen LogP contribution in [0.3, 0.4) is 0 Å². The molecular weight excluding hydrogens is 468 g/mol. The maximum atomic E-state index is 12.0. The number of aromatic hydroxyl groups is 1. The maximum absolute atomic E-state index is 12.0. The number of carbonyl (C=O) groups is 1. The van der Waals surface area contributed by atoms with E-state index in [0.717, 1.165) is 41.5 Å². The molecule has 0 aromatic heterocycles. The lowest BCUT2D eigenvalue weighted by Crippen LogP contribution is -2.23. The Labute approximate surface area is 236 Å². The van der Waals surface area contributed by atoms with E-state index >= 15 is 0 Å². The molecule has 3 heteroatoms. The van der Waals surface area contributed by atoms with Gasteiger partial charge in [-0.25, -0.2) is 0 Å². The molecule has 1 aromatic rings. The number of carboxylic acids is 1. The highest BCUT2D eigenvalue weighted by Gasteiger charge is 2.32. The largest absolute Gasteiger partial charge is 0.507 e. The number of phenols is 1. The third-order valence-electron chi connectivity index (χ3n) is 8.12. The maximum Gasteiger partial charge on any atom is 0.310 e. The van der Waals surface area contributed by atoms with Crippen LogP contribution in [0.1, 0.15) is 186 Å². The summed E-state index contributed by atoms with van der Waals surface area (Å²) in [4.78, 5) is 12.0. The molecule has 1 rings (SSSR count). The molecule has 0 amide bonds. The van der Waals surface area contributed by atoms with Crippen LogP contribution in [0, 0.1) is 0 Å². The second-order valence-electron chi connectivity index (χ2n) is 13.8. The van der Waals surface area contributed by atoms with Gasteiger partial charge in [0.15, 0.2) is 0 Å². The van der Waals surface area contributed by atoms with E-state index in [1.807, 2.05) is 6.07 Å². The summed E-state index contributed by atoms with van der Waals surface area (Å²) in [6.07, 6.45) is 22.2. The summed E-state index contributed by atoms with van der Waals surface area (Å²) in [6.45, 7) is 16.7. The van der Waals surface area contributed by atoms with E-state index in [4.69, 9.17) is 0 Å². The Hall–Kier alpha value is -1.51. The summed E-state index contributed by atoms with van der Waals surface area (Å²) in [5, 5.41) is 21.2. The first kappa shape index (κ1) is 34.5. The summed E-state index contributed by atoms with van der Waals surface area (Å²) in [6, 6.07) is 1.98. The van der Waals surface area contributed by atoms with E-state index in [0.29, 0.717) is 5.75 Å². The van der Waals surface area contributed by atoms with E-state index < -0.39 is 11.9 Å². The van der Waals surface area contributed by atoms with Crippen molar-refractivity contribution in [2.24, 2.45) is 0 Å². The van der Waals surface area contributed by atoms with Gasteiger partial charge in [0.25, 0.3) is 0 Å². The summed E-state index contributed by atoms with van der Waals surface area (Å²) >= 11 is 0. The van der Waals surface area contributed by atoms with Crippen molar-refractivity contribution in [2.75, 3.05) is 0 Å². The zero-order valence-electron chi connectivity index (χ0n) is 26.5. The molecule has 0 saturated carbocycles. The number of unbranched alkanes of at least 4 members (excludes halogenated alkanes) is 15. The number of phenolic OH excluding ortho intramolecular Hbond substituents is 1. The van der Waals surface area contributed by atoms with Crippen LogP contribution in [0.2, 0.25) is 0 Å². The first-order valence-electron chi connectivity index (χ1n) is 15.9. The molecule has 2 N–H and O–H groups in total. The molecule has 0 heterocycles. The highest BCUT2D eigenvalue weighted by Crippen LogP contribution is 2.44. The fourth-order valence-electron chi connectivity index (χ4n) is 5.75. The van der Waals surface area contributed by atoms with Gasteiger partial charge < -0.3 is 10.2 Å². The van der Waals surface area contributed by atoms with Gasteiger partial charge in [0.2, 0.25) is 0 Å². The Kier molecular flexibility index (Phi) is 15.7. The number of aliphatic carboxylic acids is 1. The van der Waals surface area contributed by atoms with Gasteiger partial charge in [-0.3, -0.25) is 4.79 Å². The highest BCUT2D eigenvalue weighted by atomic mass is 16.4. The van der Waals surface area contributed by atoms with E-state index in [-0.39, 0.29) is 10.8 Å². The fourth-order valence-corrected chi connectivity index (χ4v) is 5.75. The Morgan fingerprint density at radius 3 is 1.45 bits per heavy atom. The van der Waals surface area contributed by atoms with Crippen molar-refractivity contribution >= 4 is 5.97 Å². The van der Waals surface area contributed by atoms with Gasteiger partial charge in [-0.05, 0) is 47.3 Å². The van der Waals surface area contributed by atoms with Crippen LogP contribution in [0.4, 0.5) is 0 Å². The van der Waals surface area contributed by atoms with Crippen LogP contribution in [0.15, 0.2) is 6.07 Å².